The Kier molecular flexibility index (Phi) is 6.36. The lowest BCUT2D eigenvalue weighted by molar-refractivity contribution is -0.113. The van der Waals surface area contributed by atoms with Crippen LogP contribution in [0.1, 0.15) is 25.5 Å². The fraction of sp³-hybridized carbons (Fsp3) is 0.185. The Morgan fingerprint density at radius 2 is 1.92 bits per heavy atom. The molecule has 1 amide bonds. The number of benzene rings is 2. The summed E-state index contributed by atoms with van der Waals surface area (Å²) in [4.78, 5) is 22.5. The summed E-state index contributed by atoms with van der Waals surface area (Å²) in [6, 6.07) is 18.2. The number of aromatic nitrogens is 4. The fourth-order valence-corrected chi connectivity index (χ4v) is 4.22. The van der Waals surface area contributed by atoms with Gasteiger partial charge < -0.3 is 20.1 Å². The number of pyridine rings is 1. The zero-order valence-electron chi connectivity index (χ0n) is 20.2. The molecule has 0 radical (unpaired) electrons. The van der Waals surface area contributed by atoms with Crippen LogP contribution in [-0.4, -0.2) is 39.4 Å². The van der Waals surface area contributed by atoms with Gasteiger partial charge in [0.2, 0.25) is 5.95 Å². The molecule has 3 heterocycles. The third-order valence-corrected chi connectivity index (χ3v) is 5.88. The topological polar surface area (TPSA) is 103 Å². The summed E-state index contributed by atoms with van der Waals surface area (Å²) in [6.45, 7) is 4.28. The average molecular weight is 483 g/mol. The molecule has 1 aliphatic heterocycles. The number of ether oxygens (including phenoxy) is 2. The number of rotatable bonds is 7. The highest BCUT2D eigenvalue weighted by atomic mass is 16.5. The van der Waals surface area contributed by atoms with Gasteiger partial charge in [0, 0.05) is 23.0 Å². The van der Waals surface area contributed by atoms with E-state index in [4.69, 9.17) is 19.6 Å². The van der Waals surface area contributed by atoms with E-state index in [1.54, 1.807) is 36.3 Å². The van der Waals surface area contributed by atoms with Crippen molar-refractivity contribution in [2.24, 2.45) is 0 Å². The largest absolute Gasteiger partial charge is 0.497 e. The Labute approximate surface area is 208 Å². The quantitative estimate of drug-likeness (QED) is 0.394. The summed E-state index contributed by atoms with van der Waals surface area (Å²) in [7, 11) is 1.62. The maximum absolute atomic E-state index is 13.6. The van der Waals surface area contributed by atoms with E-state index < -0.39 is 6.04 Å². The lowest BCUT2D eigenvalue weighted by Gasteiger charge is -2.29. The minimum absolute atomic E-state index is 0.267. The summed E-state index contributed by atoms with van der Waals surface area (Å²) in [5.41, 5.74) is 3.42. The third kappa shape index (κ3) is 4.38. The Morgan fingerprint density at radius 3 is 2.64 bits per heavy atom. The van der Waals surface area contributed by atoms with Crippen LogP contribution < -0.4 is 20.1 Å². The van der Waals surface area contributed by atoms with Gasteiger partial charge in [-0.05, 0) is 56.3 Å². The maximum atomic E-state index is 13.6. The second-order valence-electron chi connectivity index (χ2n) is 8.16. The first-order chi connectivity index (χ1) is 17.6. The number of allylic oxidation sites excluding steroid dienone is 1. The smallest absolute Gasteiger partial charge is 0.255 e. The fourth-order valence-electron chi connectivity index (χ4n) is 4.22. The third-order valence-electron chi connectivity index (χ3n) is 5.88. The minimum atomic E-state index is -0.569. The molecule has 0 unspecified atom stereocenters. The first kappa shape index (κ1) is 23.1. The van der Waals surface area contributed by atoms with Gasteiger partial charge >= 0.3 is 0 Å². The Balaban J connectivity index is 1.62. The van der Waals surface area contributed by atoms with E-state index in [0.717, 1.165) is 16.9 Å². The monoisotopic (exact) mass is 482 g/mol. The van der Waals surface area contributed by atoms with E-state index in [0.29, 0.717) is 41.1 Å². The first-order valence-electron chi connectivity index (χ1n) is 11.6. The molecule has 1 atom stereocenters. The second kappa shape index (κ2) is 9.91. The lowest BCUT2D eigenvalue weighted by atomic mass is 9.94. The summed E-state index contributed by atoms with van der Waals surface area (Å²) >= 11 is 0. The first-order valence-corrected chi connectivity index (χ1v) is 11.6. The normalized spacial score (nSPS) is 14.6. The Hall–Kier alpha value is -4.66. The lowest BCUT2D eigenvalue weighted by Crippen LogP contribution is -2.31. The van der Waals surface area contributed by atoms with E-state index in [2.05, 4.69) is 15.6 Å². The number of nitrogens with one attached hydrogen (secondary N) is 2. The molecule has 2 N–H and O–H groups in total. The number of nitrogens with zero attached hydrogens (tertiary/aromatic N) is 4. The molecule has 0 fully saturated rings. The van der Waals surface area contributed by atoms with Gasteiger partial charge in [-0.3, -0.25) is 9.78 Å². The molecule has 0 spiro atoms. The van der Waals surface area contributed by atoms with Crippen LogP contribution in [0, 0.1) is 0 Å². The summed E-state index contributed by atoms with van der Waals surface area (Å²) in [5, 5.41) is 11.1. The van der Waals surface area contributed by atoms with Crippen molar-refractivity contribution in [3.8, 4) is 22.9 Å². The van der Waals surface area contributed by atoms with Crippen molar-refractivity contribution >= 4 is 17.5 Å². The number of para-hydroxylation sites is 1. The van der Waals surface area contributed by atoms with Crippen molar-refractivity contribution in [1.82, 2.24) is 19.7 Å². The van der Waals surface area contributed by atoms with Crippen molar-refractivity contribution in [3.63, 3.8) is 0 Å². The van der Waals surface area contributed by atoms with Crippen LogP contribution in [0.15, 0.2) is 84.3 Å². The molecule has 36 heavy (non-hydrogen) atoms. The van der Waals surface area contributed by atoms with E-state index in [9.17, 15) is 4.79 Å². The molecule has 2 aromatic heterocycles. The van der Waals surface area contributed by atoms with Gasteiger partial charge in [0.15, 0.2) is 5.82 Å². The average Bonchev–Trinajstić information content (AvgIpc) is 3.32. The van der Waals surface area contributed by atoms with Crippen LogP contribution in [0.2, 0.25) is 0 Å². The molecular formula is C27H26N6O3. The van der Waals surface area contributed by atoms with Crippen LogP contribution in [-0.2, 0) is 4.79 Å². The van der Waals surface area contributed by atoms with Crippen LogP contribution in [0.3, 0.4) is 0 Å². The van der Waals surface area contributed by atoms with Gasteiger partial charge in [-0.2, -0.15) is 4.98 Å². The van der Waals surface area contributed by atoms with Crippen molar-refractivity contribution in [2.45, 2.75) is 19.9 Å². The molecule has 182 valence electrons. The number of fused-ring (bicyclic) bond motifs is 1. The predicted molar refractivity (Wildman–Crippen MR) is 137 cm³/mol. The number of amides is 1. The molecule has 0 aliphatic carbocycles. The summed E-state index contributed by atoms with van der Waals surface area (Å²) in [5.74, 6) is 2.22. The number of hydrogen-bond donors (Lipinski definition) is 2. The number of anilines is 2. The molecule has 1 aliphatic rings. The molecule has 5 rings (SSSR count). The van der Waals surface area contributed by atoms with Crippen LogP contribution >= 0.6 is 0 Å². The zero-order valence-corrected chi connectivity index (χ0v) is 20.2. The highest BCUT2D eigenvalue weighted by Gasteiger charge is 2.36. The van der Waals surface area contributed by atoms with E-state index >= 15 is 0 Å². The van der Waals surface area contributed by atoms with Gasteiger partial charge in [0.25, 0.3) is 5.91 Å². The molecule has 0 bridgehead atoms. The van der Waals surface area contributed by atoms with E-state index in [1.165, 1.54) is 0 Å². The van der Waals surface area contributed by atoms with Crippen molar-refractivity contribution in [1.29, 1.82) is 0 Å². The highest BCUT2D eigenvalue weighted by molar-refractivity contribution is 6.06. The van der Waals surface area contributed by atoms with Gasteiger partial charge in [0.05, 0.1) is 31.2 Å². The van der Waals surface area contributed by atoms with Crippen LogP contribution in [0.4, 0.5) is 11.6 Å². The standard InChI is InChI=1S/C27H26N6O3/c1-4-36-22-10-6-5-9-21(22)24-23(26(34)30-19-8-7-15-28-16-19)17(2)29-27-31-25(32-33(24)27)18-11-13-20(35-3)14-12-18/h5-16,24H,4H2,1-3H3,(H,30,34)(H,29,31,32)/t24-/m1/s1. The number of hydrogen-bond acceptors (Lipinski definition) is 7. The molecule has 9 nitrogen and oxygen atoms in total. The van der Waals surface area contributed by atoms with Gasteiger partial charge in [-0.15, -0.1) is 5.10 Å². The van der Waals surface area contributed by atoms with E-state index in [1.807, 2.05) is 62.4 Å². The molecule has 2 aromatic carbocycles. The summed E-state index contributed by atoms with van der Waals surface area (Å²) in [6.07, 6.45) is 3.27. The second-order valence-corrected chi connectivity index (χ2v) is 8.16. The molecule has 0 saturated carbocycles. The van der Waals surface area contributed by atoms with Crippen LogP contribution in [0.5, 0.6) is 11.5 Å². The predicted octanol–water partition coefficient (Wildman–Crippen LogP) is 4.68. The number of carbonyl (C=O) groups excluding carboxylic acids is 1. The number of carbonyl (C=O) groups is 1. The van der Waals surface area contributed by atoms with Crippen LogP contribution in [0.25, 0.3) is 11.4 Å². The minimum Gasteiger partial charge on any atom is -0.497 e. The Morgan fingerprint density at radius 1 is 1.11 bits per heavy atom. The number of methoxy groups -OCH3 is 1. The molecular weight excluding hydrogens is 456 g/mol. The van der Waals surface area contributed by atoms with Crippen molar-refractivity contribution in [3.05, 3.63) is 89.9 Å². The van der Waals surface area contributed by atoms with Gasteiger partial charge in [-0.25, -0.2) is 4.68 Å². The van der Waals surface area contributed by atoms with Crippen molar-refractivity contribution in [2.75, 3.05) is 24.4 Å². The van der Waals surface area contributed by atoms with E-state index in [-0.39, 0.29) is 5.91 Å². The maximum Gasteiger partial charge on any atom is 0.255 e. The van der Waals surface area contributed by atoms with Crippen molar-refractivity contribution < 1.29 is 14.3 Å². The molecule has 0 saturated heterocycles. The van der Waals surface area contributed by atoms with Gasteiger partial charge in [-0.1, -0.05) is 18.2 Å². The van der Waals surface area contributed by atoms with Gasteiger partial charge in [0.1, 0.15) is 17.5 Å². The Bertz CT molecular complexity index is 1410. The molecule has 4 aromatic rings. The molecule has 9 heteroatoms. The summed E-state index contributed by atoms with van der Waals surface area (Å²) < 4.78 is 13.0. The highest BCUT2D eigenvalue weighted by Crippen LogP contribution is 2.40. The SMILES string of the molecule is CCOc1ccccc1[C@@H]1C(C(=O)Nc2cccnc2)=C(C)Nc2nc(-c3ccc(OC)cc3)nn21. The zero-order chi connectivity index (χ0) is 25.1.